The summed E-state index contributed by atoms with van der Waals surface area (Å²) in [6.45, 7) is 5.34. The fraction of sp³-hybridized carbons (Fsp3) is 0.462. The summed E-state index contributed by atoms with van der Waals surface area (Å²) in [4.78, 5) is 11.7. The summed E-state index contributed by atoms with van der Waals surface area (Å²) >= 11 is 3.19. The number of esters is 1. The minimum atomic E-state index is -0.561. The van der Waals surface area contributed by atoms with E-state index in [4.69, 9.17) is 9.47 Å². The minimum absolute atomic E-state index is 0.0309. The summed E-state index contributed by atoms with van der Waals surface area (Å²) in [5.41, 5.74) is -0.104. The number of rotatable bonds is 3. The fourth-order valence-electron chi connectivity index (χ4n) is 1.51. The minimum Gasteiger partial charge on any atom is -0.495 e. The monoisotopic (exact) mass is 318 g/mol. The van der Waals surface area contributed by atoms with E-state index in [0.29, 0.717) is 15.8 Å². The molecule has 0 unspecified atom stereocenters. The van der Waals surface area contributed by atoms with E-state index in [1.807, 2.05) is 0 Å². The highest BCUT2D eigenvalue weighted by Crippen LogP contribution is 2.30. The normalized spacial score (nSPS) is 11.2. The lowest BCUT2D eigenvalue weighted by Crippen LogP contribution is -2.25. The number of carbonyl (C=O) groups is 1. The van der Waals surface area contributed by atoms with Gasteiger partial charge < -0.3 is 9.47 Å². The Hall–Kier alpha value is -1.10. The van der Waals surface area contributed by atoms with E-state index in [9.17, 15) is 9.18 Å². The van der Waals surface area contributed by atoms with Crippen molar-refractivity contribution in [1.29, 1.82) is 0 Å². The molecule has 0 aliphatic rings. The predicted octanol–water partition coefficient (Wildman–Crippen LogP) is 3.48. The van der Waals surface area contributed by atoms with Gasteiger partial charge in [0.1, 0.15) is 17.2 Å². The van der Waals surface area contributed by atoms with Crippen LogP contribution in [0.3, 0.4) is 0 Å². The van der Waals surface area contributed by atoms with Gasteiger partial charge in [0, 0.05) is 5.56 Å². The smallest absolute Gasteiger partial charge is 0.310 e. The molecule has 0 aliphatic carbocycles. The van der Waals surface area contributed by atoms with Crippen molar-refractivity contribution in [3.8, 4) is 5.75 Å². The van der Waals surface area contributed by atoms with Gasteiger partial charge in [-0.05, 0) is 48.8 Å². The molecule has 0 saturated heterocycles. The van der Waals surface area contributed by atoms with E-state index in [-0.39, 0.29) is 6.42 Å². The van der Waals surface area contributed by atoms with Crippen molar-refractivity contribution >= 4 is 21.9 Å². The van der Waals surface area contributed by atoms with E-state index in [1.54, 1.807) is 20.8 Å². The van der Waals surface area contributed by atoms with Crippen molar-refractivity contribution in [2.45, 2.75) is 32.8 Å². The second-order valence-corrected chi connectivity index (χ2v) is 5.70. The Bertz CT molecular complexity index is 452. The van der Waals surface area contributed by atoms with E-state index in [2.05, 4.69) is 15.9 Å². The maximum atomic E-state index is 13.3. The van der Waals surface area contributed by atoms with Gasteiger partial charge in [-0.2, -0.15) is 0 Å². The Morgan fingerprint density at radius 1 is 1.39 bits per heavy atom. The van der Waals surface area contributed by atoms with Gasteiger partial charge >= 0.3 is 5.97 Å². The average Bonchev–Trinajstić information content (AvgIpc) is 2.13. The number of carbonyl (C=O) groups excluding carboxylic acids is 1. The highest BCUT2D eigenvalue weighted by Gasteiger charge is 2.19. The Kier molecular flexibility index (Phi) is 4.73. The second-order valence-electron chi connectivity index (χ2n) is 4.84. The van der Waals surface area contributed by atoms with Crippen LogP contribution in [0.25, 0.3) is 0 Å². The third-order valence-corrected chi connectivity index (χ3v) is 2.63. The van der Waals surface area contributed by atoms with Gasteiger partial charge in [0.05, 0.1) is 18.0 Å². The molecular formula is C13H16BrFO3. The highest BCUT2D eigenvalue weighted by molar-refractivity contribution is 9.10. The fourth-order valence-corrected chi connectivity index (χ4v) is 2.14. The quantitative estimate of drug-likeness (QED) is 0.800. The number of hydrogen-bond acceptors (Lipinski definition) is 3. The first kappa shape index (κ1) is 15.0. The van der Waals surface area contributed by atoms with Crippen LogP contribution in [-0.4, -0.2) is 18.7 Å². The zero-order valence-electron chi connectivity index (χ0n) is 10.8. The number of methoxy groups -OCH3 is 1. The molecule has 5 heteroatoms. The molecule has 1 aromatic rings. The van der Waals surface area contributed by atoms with Gasteiger partial charge in [-0.1, -0.05) is 0 Å². The van der Waals surface area contributed by atoms with Crippen LogP contribution in [-0.2, 0) is 16.0 Å². The van der Waals surface area contributed by atoms with Crippen LogP contribution >= 0.6 is 15.9 Å². The zero-order valence-corrected chi connectivity index (χ0v) is 12.4. The molecule has 0 N–H and O–H groups in total. The van der Waals surface area contributed by atoms with Crippen molar-refractivity contribution in [3.05, 3.63) is 28.0 Å². The molecule has 0 heterocycles. The summed E-state index contributed by atoms with van der Waals surface area (Å²) < 4.78 is 24.1. The number of halogens is 2. The first-order valence-corrected chi connectivity index (χ1v) is 6.26. The summed E-state index contributed by atoms with van der Waals surface area (Å²) in [5, 5.41) is 0. The standard InChI is InChI=1S/C13H16BrFO3/c1-13(2,3)18-11(16)6-8-5-9(15)7-10(14)12(8)17-4/h5,7H,6H2,1-4H3. The lowest BCUT2D eigenvalue weighted by Gasteiger charge is -2.20. The van der Waals surface area contributed by atoms with Gasteiger partial charge in [-0.3, -0.25) is 4.79 Å². The highest BCUT2D eigenvalue weighted by atomic mass is 79.9. The van der Waals surface area contributed by atoms with Crippen molar-refractivity contribution in [3.63, 3.8) is 0 Å². The Balaban J connectivity index is 2.93. The summed E-state index contributed by atoms with van der Waals surface area (Å²) in [6, 6.07) is 2.56. The molecule has 1 aromatic carbocycles. The average molecular weight is 319 g/mol. The van der Waals surface area contributed by atoms with Crippen LogP contribution in [0.1, 0.15) is 26.3 Å². The molecule has 0 aromatic heterocycles. The Labute approximate surface area is 114 Å². The van der Waals surface area contributed by atoms with Crippen molar-refractivity contribution in [2.75, 3.05) is 7.11 Å². The van der Waals surface area contributed by atoms with E-state index in [0.717, 1.165) is 0 Å². The summed E-state index contributed by atoms with van der Waals surface area (Å²) in [5.74, 6) is -0.401. The van der Waals surface area contributed by atoms with Crippen molar-refractivity contribution in [2.24, 2.45) is 0 Å². The second kappa shape index (κ2) is 5.69. The third kappa shape index (κ3) is 4.29. The number of ether oxygens (including phenoxy) is 2. The summed E-state index contributed by atoms with van der Waals surface area (Å²) in [7, 11) is 1.47. The van der Waals surface area contributed by atoms with E-state index in [1.165, 1.54) is 19.2 Å². The van der Waals surface area contributed by atoms with E-state index >= 15 is 0 Å². The van der Waals surface area contributed by atoms with Crippen LogP contribution in [0.5, 0.6) is 5.75 Å². The lowest BCUT2D eigenvalue weighted by atomic mass is 10.1. The predicted molar refractivity (Wildman–Crippen MR) is 70.2 cm³/mol. The maximum absolute atomic E-state index is 13.3. The molecule has 0 aliphatic heterocycles. The van der Waals surface area contributed by atoms with Crippen molar-refractivity contribution in [1.82, 2.24) is 0 Å². The van der Waals surface area contributed by atoms with Crippen molar-refractivity contribution < 1.29 is 18.7 Å². The summed E-state index contributed by atoms with van der Waals surface area (Å²) in [6.07, 6.45) is -0.0309. The van der Waals surface area contributed by atoms with Crippen LogP contribution in [0.15, 0.2) is 16.6 Å². The Morgan fingerprint density at radius 3 is 2.50 bits per heavy atom. The molecule has 100 valence electrons. The molecule has 0 spiro atoms. The Morgan fingerprint density at radius 2 is 2.00 bits per heavy atom. The topological polar surface area (TPSA) is 35.5 Å². The van der Waals surface area contributed by atoms with Crippen LogP contribution in [0.2, 0.25) is 0 Å². The van der Waals surface area contributed by atoms with Gasteiger partial charge in [0.15, 0.2) is 0 Å². The molecule has 1 rings (SSSR count). The molecule has 0 amide bonds. The molecule has 0 atom stereocenters. The van der Waals surface area contributed by atoms with Gasteiger partial charge in [0.25, 0.3) is 0 Å². The molecule has 18 heavy (non-hydrogen) atoms. The van der Waals surface area contributed by atoms with Gasteiger partial charge in [0.2, 0.25) is 0 Å². The zero-order chi connectivity index (χ0) is 13.9. The lowest BCUT2D eigenvalue weighted by molar-refractivity contribution is -0.153. The molecule has 0 fully saturated rings. The maximum Gasteiger partial charge on any atom is 0.310 e. The SMILES string of the molecule is COc1c(Br)cc(F)cc1CC(=O)OC(C)(C)C. The number of hydrogen-bond donors (Lipinski definition) is 0. The molecule has 0 bridgehead atoms. The third-order valence-electron chi connectivity index (χ3n) is 2.04. The molecule has 3 nitrogen and oxygen atoms in total. The van der Waals surface area contributed by atoms with Gasteiger partial charge in [-0.15, -0.1) is 0 Å². The van der Waals surface area contributed by atoms with E-state index < -0.39 is 17.4 Å². The number of benzene rings is 1. The molecule has 0 radical (unpaired) electrons. The molecular weight excluding hydrogens is 303 g/mol. The first-order valence-electron chi connectivity index (χ1n) is 5.46. The van der Waals surface area contributed by atoms with Gasteiger partial charge in [-0.25, -0.2) is 4.39 Å². The van der Waals surface area contributed by atoms with Crippen LogP contribution in [0.4, 0.5) is 4.39 Å². The van der Waals surface area contributed by atoms with Crippen LogP contribution in [0, 0.1) is 5.82 Å². The molecule has 0 saturated carbocycles. The first-order chi connectivity index (χ1) is 8.23. The van der Waals surface area contributed by atoms with Crippen LogP contribution < -0.4 is 4.74 Å². The largest absolute Gasteiger partial charge is 0.495 e.